The Morgan fingerprint density at radius 3 is 2.85 bits per heavy atom. The Bertz CT molecular complexity index is 908. The Hall–Kier alpha value is -2.31. The maximum Gasteiger partial charge on any atom is 0.0901 e. The van der Waals surface area contributed by atoms with Crippen LogP contribution in [0.3, 0.4) is 0 Å². The number of aromatic nitrogens is 2. The van der Waals surface area contributed by atoms with E-state index in [2.05, 4.69) is 43.1 Å². The molecule has 0 amide bonds. The van der Waals surface area contributed by atoms with E-state index >= 15 is 0 Å². The molecule has 0 saturated carbocycles. The lowest BCUT2D eigenvalue weighted by Crippen LogP contribution is -2.45. The summed E-state index contributed by atoms with van der Waals surface area (Å²) in [4.78, 5) is 11.2. The van der Waals surface area contributed by atoms with Crippen LogP contribution in [0.2, 0.25) is 5.02 Å². The van der Waals surface area contributed by atoms with E-state index in [0.717, 1.165) is 41.9 Å². The number of likely N-dealkylation sites (tertiary alicyclic amines) is 1. The van der Waals surface area contributed by atoms with Gasteiger partial charge in [-0.1, -0.05) is 11.6 Å². The first kappa shape index (κ1) is 15.9. The first-order valence-electron chi connectivity index (χ1n) is 9.05. The standard InChI is InChI=1S/C19H21ClN6/c20-15-7-17-16(22-3-4-23-17)5-12(15)8-25-18-10-21-2-1-19(18)26-11-13-6-14(26)9-24-13/h1,3-5,7,10,13-14,21,24-25H,2,6,8-9,11H2. The highest BCUT2D eigenvalue weighted by Gasteiger charge is 2.39. The summed E-state index contributed by atoms with van der Waals surface area (Å²) in [6, 6.07) is 5.13. The van der Waals surface area contributed by atoms with E-state index in [9.17, 15) is 0 Å². The van der Waals surface area contributed by atoms with Crippen molar-refractivity contribution in [3.8, 4) is 0 Å². The number of hydrogen-bond acceptors (Lipinski definition) is 6. The SMILES string of the molecule is Clc1cc2nccnc2cc1CNC1=CNCC=C1N1CC2CC1CN2. The molecule has 26 heavy (non-hydrogen) atoms. The van der Waals surface area contributed by atoms with Crippen LogP contribution in [0.25, 0.3) is 11.0 Å². The number of hydrogen-bond donors (Lipinski definition) is 3. The second-order valence-corrected chi connectivity index (χ2v) is 7.45. The van der Waals surface area contributed by atoms with Crippen molar-refractivity contribution in [2.45, 2.75) is 25.0 Å². The Morgan fingerprint density at radius 2 is 2.08 bits per heavy atom. The van der Waals surface area contributed by atoms with Crippen LogP contribution >= 0.6 is 11.6 Å². The number of piperazine rings is 1. The quantitative estimate of drug-likeness (QED) is 0.764. The van der Waals surface area contributed by atoms with Crippen molar-refractivity contribution in [1.82, 2.24) is 30.8 Å². The Kier molecular flexibility index (Phi) is 3.94. The maximum atomic E-state index is 6.46. The first-order chi connectivity index (χ1) is 12.8. The molecule has 6 nitrogen and oxygen atoms in total. The highest BCUT2D eigenvalue weighted by atomic mass is 35.5. The summed E-state index contributed by atoms with van der Waals surface area (Å²) >= 11 is 6.46. The molecule has 2 atom stereocenters. The van der Waals surface area contributed by atoms with Crippen LogP contribution in [0.1, 0.15) is 12.0 Å². The molecule has 2 unspecified atom stereocenters. The summed E-state index contributed by atoms with van der Waals surface area (Å²) in [5.41, 5.74) is 5.13. The van der Waals surface area contributed by atoms with Gasteiger partial charge in [0, 0.05) is 61.9 Å². The lowest BCUT2D eigenvalue weighted by molar-refractivity contribution is 0.284. The van der Waals surface area contributed by atoms with Gasteiger partial charge < -0.3 is 20.9 Å². The molecule has 2 saturated heterocycles. The van der Waals surface area contributed by atoms with Crippen molar-refractivity contribution in [2.75, 3.05) is 19.6 Å². The van der Waals surface area contributed by atoms with Gasteiger partial charge in [0.15, 0.2) is 0 Å². The third-order valence-corrected chi connectivity index (χ3v) is 5.76. The largest absolute Gasteiger partial charge is 0.386 e. The average molecular weight is 369 g/mol. The minimum Gasteiger partial charge on any atom is -0.386 e. The van der Waals surface area contributed by atoms with Crippen molar-refractivity contribution < 1.29 is 0 Å². The topological polar surface area (TPSA) is 65.1 Å². The van der Waals surface area contributed by atoms with E-state index in [1.54, 1.807) is 12.4 Å². The van der Waals surface area contributed by atoms with E-state index < -0.39 is 0 Å². The van der Waals surface area contributed by atoms with Gasteiger partial charge in [0.05, 0.1) is 22.4 Å². The summed E-state index contributed by atoms with van der Waals surface area (Å²) in [5.74, 6) is 0. The van der Waals surface area contributed by atoms with Gasteiger partial charge in [0.2, 0.25) is 0 Å². The number of dihydropyridines is 1. The molecular formula is C19H21ClN6. The molecule has 2 bridgehead atoms. The van der Waals surface area contributed by atoms with Crippen LogP contribution in [-0.4, -0.2) is 46.6 Å². The van der Waals surface area contributed by atoms with E-state index in [1.165, 1.54) is 12.1 Å². The van der Waals surface area contributed by atoms with Gasteiger partial charge in [-0.15, -0.1) is 0 Å². The van der Waals surface area contributed by atoms with Crippen molar-refractivity contribution >= 4 is 22.6 Å². The predicted octanol–water partition coefficient (Wildman–Crippen LogP) is 1.75. The summed E-state index contributed by atoms with van der Waals surface area (Å²) in [6.07, 6.45) is 8.98. The minimum atomic E-state index is 0.606. The average Bonchev–Trinajstić information content (AvgIpc) is 3.30. The van der Waals surface area contributed by atoms with Gasteiger partial charge in [-0.3, -0.25) is 9.97 Å². The number of nitrogens with one attached hydrogen (secondary N) is 3. The zero-order valence-corrected chi connectivity index (χ0v) is 15.1. The molecule has 1 aromatic carbocycles. The van der Waals surface area contributed by atoms with E-state index in [4.69, 9.17) is 11.6 Å². The van der Waals surface area contributed by atoms with E-state index in [1.807, 2.05) is 12.1 Å². The van der Waals surface area contributed by atoms with Gasteiger partial charge in [-0.2, -0.15) is 0 Å². The number of nitrogens with zero attached hydrogens (tertiary/aromatic N) is 3. The monoisotopic (exact) mass is 368 g/mol. The van der Waals surface area contributed by atoms with Crippen LogP contribution in [0.4, 0.5) is 0 Å². The van der Waals surface area contributed by atoms with E-state index in [-0.39, 0.29) is 0 Å². The van der Waals surface area contributed by atoms with Crippen molar-refractivity contribution in [3.63, 3.8) is 0 Å². The molecule has 1 aromatic heterocycles. The second-order valence-electron chi connectivity index (χ2n) is 7.04. The summed E-state index contributed by atoms with van der Waals surface area (Å²) < 4.78 is 0. The van der Waals surface area contributed by atoms with Crippen LogP contribution in [-0.2, 0) is 6.54 Å². The Balaban J connectivity index is 1.35. The molecule has 7 heteroatoms. The molecule has 3 aliphatic rings. The van der Waals surface area contributed by atoms with Crippen LogP contribution < -0.4 is 16.0 Å². The van der Waals surface area contributed by atoms with Crippen LogP contribution in [0.5, 0.6) is 0 Å². The number of fused-ring (bicyclic) bond motifs is 3. The molecule has 5 rings (SSSR count). The molecule has 3 aliphatic heterocycles. The Labute approximate surface area is 157 Å². The molecule has 0 spiro atoms. The van der Waals surface area contributed by atoms with Gasteiger partial charge in [0.1, 0.15) is 0 Å². The third-order valence-electron chi connectivity index (χ3n) is 5.41. The maximum absolute atomic E-state index is 6.46. The minimum absolute atomic E-state index is 0.606. The molecule has 4 heterocycles. The second kappa shape index (κ2) is 6.45. The molecule has 0 aliphatic carbocycles. The number of halogens is 1. The van der Waals surface area contributed by atoms with Gasteiger partial charge >= 0.3 is 0 Å². The fourth-order valence-corrected chi connectivity index (χ4v) is 4.35. The van der Waals surface area contributed by atoms with Crippen molar-refractivity contribution in [1.29, 1.82) is 0 Å². The Morgan fingerprint density at radius 1 is 1.23 bits per heavy atom. The van der Waals surface area contributed by atoms with Crippen LogP contribution in [0, 0.1) is 0 Å². The molecule has 0 radical (unpaired) electrons. The fourth-order valence-electron chi connectivity index (χ4n) is 4.12. The lowest BCUT2D eigenvalue weighted by atomic mass is 10.1. The highest BCUT2D eigenvalue weighted by molar-refractivity contribution is 6.32. The zero-order chi connectivity index (χ0) is 17.5. The lowest BCUT2D eigenvalue weighted by Gasteiger charge is -2.34. The third kappa shape index (κ3) is 2.79. The van der Waals surface area contributed by atoms with Gasteiger partial charge in [-0.05, 0) is 30.2 Å². The first-order valence-corrected chi connectivity index (χ1v) is 9.43. The smallest absolute Gasteiger partial charge is 0.0901 e. The predicted molar refractivity (Wildman–Crippen MR) is 102 cm³/mol. The highest BCUT2D eigenvalue weighted by Crippen LogP contribution is 2.30. The van der Waals surface area contributed by atoms with Crippen LogP contribution in [0.15, 0.2) is 48.2 Å². The number of rotatable bonds is 4. The van der Waals surface area contributed by atoms with Crippen molar-refractivity contribution in [3.05, 3.63) is 58.8 Å². The summed E-state index contributed by atoms with van der Waals surface area (Å²) in [5, 5.41) is 11.2. The summed E-state index contributed by atoms with van der Waals surface area (Å²) in [7, 11) is 0. The zero-order valence-electron chi connectivity index (χ0n) is 14.4. The molecule has 3 N–H and O–H groups in total. The number of benzene rings is 1. The van der Waals surface area contributed by atoms with Gasteiger partial charge in [0.25, 0.3) is 0 Å². The summed E-state index contributed by atoms with van der Waals surface area (Å²) in [6.45, 7) is 3.68. The molecular weight excluding hydrogens is 348 g/mol. The van der Waals surface area contributed by atoms with Crippen molar-refractivity contribution in [2.24, 2.45) is 0 Å². The molecule has 2 fully saturated rings. The van der Waals surface area contributed by atoms with E-state index in [0.29, 0.717) is 23.7 Å². The van der Waals surface area contributed by atoms with Gasteiger partial charge in [-0.25, -0.2) is 0 Å². The molecule has 134 valence electrons. The molecule has 2 aromatic rings. The normalized spacial score (nSPS) is 24.4. The fraction of sp³-hybridized carbons (Fsp3) is 0.368.